The molecule has 2 amide bonds. The Labute approximate surface area is 97.4 Å². The fourth-order valence-electron chi connectivity index (χ4n) is 1.03. The van der Waals surface area contributed by atoms with Gasteiger partial charge in [-0.1, -0.05) is 11.6 Å². The number of hydrogen-bond acceptors (Lipinski definition) is 2. The molecule has 0 saturated carbocycles. The zero-order chi connectivity index (χ0) is 12.0. The molecule has 0 atom stereocenters. The number of halogens is 2. The second kappa shape index (κ2) is 6.30. The molecule has 0 aliphatic heterocycles. The Bertz CT molecular complexity index is 374. The van der Waals surface area contributed by atoms with Crippen LogP contribution in [0.3, 0.4) is 0 Å². The summed E-state index contributed by atoms with van der Waals surface area (Å²) in [7, 11) is 0. The first-order valence-corrected chi connectivity index (χ1v) is 5.12. The lowest BCUT2D eigenvalue weighted by Crippen LogP contribution is -2.29. The van der Waals surface area contributed by atoms with E-state index in [0.29, 0.717) is 18.7 Å². The van der Waals surface area contributed by atoms with Crippen LogP contribution in [0.25, 0.3) is 0 Å². The van der Waals surface area contributed by atoms with Gasteiger partial charge in [0.15, 0.2) is 0 Å². The van der Waals surface area contributed by atoms with Gasteiger partial charge in [-0.05, 0) is 24.6 Å². The summed E-state index contributed by atoms with van der Waals surface area (Å²) in [6.45, 7) is 0.389. The van der Waals surface area contributed by atoms with E-state index in [0.717, 1.165) is 0 Å². The van der Waals surface area contributed by atoms with Crippen molar-refractivity contribution in [3.05, 3.63) is 29.0 Å². The normalized spacial score (nSPS) is 9.94. The Morgan fingerprint density at radius 1 is 1.50 bits per heavy atom. The van der Waals surface area contributed by atoms with Gasteiger partial charge in [-0.2, -0.15) is 0 Å². The van der Waals surface area contributed by atoms with Crippen LogP contribution in [0.4, 0.5) is 14.9 Å². The SMILES string of the molecule is O=C(NCCCO)Nc1ccc(F)c(Cl)c1. The van der Waals surface area contributed by atoms with E-state index in [-0.39, 0.29) is 11.6 Å². The maximum absolute atomic E-state index is 12.8. The quantitative estimate of drug-likeness (QED) is 0.712. The van der Waals surface area contributed by atoms with E-state index in [4.69, 9.17) is 16.7 Å². The minimum Gasteiger partial charge on any atom is -0.396 e. The van der Waals surface area contributed by atoms with Crippen LogP contribution >= 0.6 is 11.6 Å². The molecular formula is C10H12ClFN2O2. The summed E-state index contributed by atoms with van der Waals surface area (Å²) < 4.78 is 12.8. The summed E-state index contributed by atoms with van der Waals surface area (Å²) in [5.74, 6) is -0.534. The maximum Gasteiger partial charge on any atom is 0.319 e. The first-order chi connectivity index (χ1) is 7.63. The zero-order valence-electron chi connectivity index (χ0n) is 8.46. The zero-order valence-corrected chi connectivity index (χ0v) is 9.22. The van der Waals surface area contributed by atoms with Crippen LogP contribution in [0.1, 0.15) is 6.42 Å². The van der Waals surface area contributed by atoms with Crippen molar-refractivity contribution in [2.75, 3.05) is 18.5 Å². The van der Waals surface area contributed by atoms with E-state index in [1.165, 1.54) is 18.2 Å². The Balaban J connectivity index is 2.46. The van der Waals surface area contributed by atoms with Crippen molar-refractivity contribution >= 4 is 23.3 Å². The van der Waals surface area contributed by atoms with Crippen molar-refractivity contribution in [2.45, 2.75) is 6.42 Å². The molecule has 88 valence electrons. The molecule has 0 aromatic heterocycles. The number of nitrogens with one attached hydrogen (secondary N) is 2. The lowest BCUT2D eigenvalue weighted by Gasteiger charge is -2.07. The number of carbonyl (C=O) groups excluding carboxylic acids is 1. The molecule has 1 aromatic carbocycles. The minimum atomic E-state index is -0.534. The summed E-state index contributed by atoms with van der Waals surface area (Å²) in [4.78, 5) is 11.2. The molecule has 4 nitrogen and oxygen atoms in total. The highest BCUT2D eigenvalue weighted by atomic mass is 35.5. The number of carbonyl (C=O) groups is 1. The van der Waals surface area contributed by atoms with Gasteiger partial charge in [-0.15, -0.1) is 0 Å². The average molecular weight is 247 g/mol. The molecule has 0 saturated heterocycles. The van der Waals surface area contributed by atoms with Gasteiger partial charge in [0.05, 0.1) is 5.02 Å². The third kappa shape index (κ3) is 4.04. The largest absolute Gasteiger partial charge is 0.396 e. The van der Waals surface area contributed by atoms with Crippen molar-refractivity contribution < 1.29 is 14.3 Å². The third-order valence-electron chi connectivity index (χ3n) is 1.80. The highest BCUT2D eigenvalue weighted by Crippen LogP contribution is 2.18. The highest BCUT2D eigenvalue weighted by Gasteiger charge is 2.04. The molecule has 0 fully saturated rings. The Morgan fingerprint density at radius 2 is 2.25 bits per heavy atom. The van der Waals surface area contributed by atoms with Crippen molar-refractivity contribution in [1.82, 2.24) is 5.32 Å². The van der Waals surface area contributed by atoms with E-state index in [9.17, 15) is 9.18 Å². The van der Waals surface area contributed by atoms with Crippen LogP contribution in [0.2, 0.25) is 5.02 Å². The van der Waals surface area contributed by atoms with Gasteiger partial charge in [-0.25, -0.2) is 9.18 Å². The molecule has 16 heavy (non-hydrogen) atoms. The monoisotopic (exact) mass is 246 g/mol. The first kappa shape index (κ1) is 12.7. The predicted octanol–water partition coefficient (Wildman–Crippen LogP) is 1.98. The number of benzene rings is 1. The van der Waals surface area contributed by atoms with Gasteiger partial charge in [-0.3, -0.25) is 0 Å². The molecule has 6 heteroatoms. The van der Waals surface area contributed by atoms with Crippen molar-refractivity contribution in [3.63, 3.8) is 0 Å². The summed E-state index contributed by atoms with van der Waals surface area (Å²) >= 11 is 5.54. The molecular weight excluding hydrogens is 235 g/mol. The fourth-order valence-corrected chi connectivity index (χ4v) is 1.21. The number of amides is 2. The molecule has 3 N–H and O–H groups in total. The topological polar surface area (TPSA) is 61.4 Å². The second-order valence-corrected chi connectivity index (χ2v) is 3.49. The van der Waals surface area contributed by atoms with Gasteiger partial charge >= 0.3 is 6.03 Å². The first-order valence-electron chi connectivity index (χ1n) is 4.74. The lowest BCUT2D eigenvalue weighted by atomic mass is 10.3. The minimum absolute atomic E-state index is 0.0165. The van der Waals surface area contributed by atoms with Crippen LogP contribution in [0.5, 0.6) is 0 Å². The Morgan fingerprint density at radius 3 is 2.88 bits per heavy atom. The van der Waals surface area contributed by atoms with Gasteiger partial charge in [0.1, 0.15) is 5.82 Å². The van der Waals surface area contributed by atoms with Crippen molar-refractivity contribution in [1.29, 1.82) is 0 Å². The second-order valence-electron chi connectivity index (χ2n) is 3.09. The third-order valence-corrected chi connectivity index (χ3v) is 2.09. The lowest BCUT2D eigenvalue weighted by molar-refractivity contribution is 0.249. The molecule has 0 spiro atoms. The molecule has 0 heterocycles. The van der Waals surface area contributed by atoms with E-state index in [1.807, 2.05) is 0 Å². The van der Waals surface area contributed by atoms with Crippen LogP contribution in [-0.4, -0.2) is 24.3 Å². The van der Waals surface area contributed by atoms with E-state index in [2.05, 4.69) is 10.6 Å². The number of aliphatic hydroxyl groups is 1. The van der Waals surface area contributed by atoms with Crippen LogP contribution in [-0.2, 0) is 0 Å². The predicted molar refractivity (Wildman–Crippen MR) is 60.1 cm³/mol. The summed E-state index contributed by atoms with van der Waals surface area (Å²) in [5.41, 5.74) is 0.410. The number of rotatable bonds is 4. The molecule has 0 aliphatic carbocycles. The maximum atomic E-state index is 12.8. The van der Waals surface area contributed by atoms with Crippen molar-refractivity contribution in [2.24, 2.45) is 0 Å². The van der Waals surface area contributed by atoms with Crippen LogP contribution in [0.15, 0.2) is 18.2 Å². The van der Waals surface area contributed by atoms with E-state index in [1.54, 1.807) is 0 Å². The van der Waals surface area contributed by atoms with E-state index < -0.39 is 11.8 Å². The summed E-state index contributed by atoms with van der Waals surface area (Å²) in [5, 5.41) is 13.5. The fraction of sp³-hybridized carbons (Fsp3) is 0.300. The highest BCUT2D eigenvalue weighted by molar-refractivity contribution is 6.31. The average Bonchev–Trinajstić information content (AvgIpc) is 2.24. The number of hydrogen-bond donors (Lipinski definition) is 3. The van der Waals surface area contributed by atoms with Gasteiger partial charge < -0.3 is 15.7 Å². The molecule has 0 aliphatic rings. The summed E-state index contributed by atoms with van der Waals surface area (Å²) in [6, 6.07) is 3.48. The number of urea groups is 1. The van der Waals surface area contributed by atoms with Crippen molar-refractivity contribution in [3.8, 4) is 0 Å². The van der Waals surface area contributed by atoms with E-state index >= 15 is 0 Å². The Hall–Kier alpha value is -1.33. The van der Waals surface area contributed by atoms with Gasteiger partial charge in [0.25, 0.3) is 0 Å². The van der Waals surface area contributed by atoms with Crippen LogP contribution in [0, 0.1) is 5.82 Å². The molecule has 0 radical (unpaired) electrons. The molecule has 1 aromatic rings. The van der Waals surface area contributed by atoms with Gasteiger partial charge in [0.2, 0.25) is 0 Å². The standard InChI is InChI=1S/C10H12ClFN2O2/c11-8-6-7(2-3-9(8)12)14-10(16)13-4-1-5-15/h2-3,6,15H,1,4-5H2,(H2,13,14,16). The molecule has 1 rings (SSSR count). The smallest absolute Gasteiger partial charge is 0.319 e. The summed E-state index contributed by atoms with van der Waals surface area (Å²) in [6.07, 6.45) is 0.484. The molecule has 0 unspecified atom stereocenters. The molecule has 0 bridgehead atoms. The number of anilines is 1. The number of aliphatic hydroxyl groups excluding tert-OH is 1. The Kier molecular flexibility index (Phi) is 5.01. The van der Waals surface area contributed by atoms with Crippen LogP contribution < -0.4 is 10.6 Å². The van der Waals surface area contributed by atoms with Gasteiger partial charge in [0, 0.05) is 18.8 Å².